The highest BCUT2D eigenvalue weighted by Crippen LogP contribution is 2.26. The van der Waals surface area contributed by atoms with E-state index < -0.39 is 12.1 Å². The number of hydrogen-bond acceptors (Lipinski definition) is 8. The summed E-state index contributed by atoms with van der Waals surface area (Å²) in [5.74, 6) is 0.182. The van der Waals surface area contributed by atoms with Gasteiger partial charge in [0.15, 0.2) is 0 Å². The number of aromatic nitrogens is 1. The van der Waals surface area contributed by atoms with Gasteiger partial charge in [0.05, 0.1) is 22.3 Å². The van der Waals surface area contributed by atoms with E-state index in [9.17, 15) is 14.4 Å². The molecule has 10 nitrogen and oxygen atoms in total. The lowest BCUT2D eigenvalue weighted by molar-refractivity contribution is -0.124. The Labute approximate surface area is 228 Å². The van der Waals surface area contributed by atoms with E-state index in [4.69, 9.17) is 4.74 Å². The number of ether oxygens (including phenoxy) is 1. The maximum absolute atomic E-state index is 13.0. The van der Waals surface area contributed by atoms with Crippen LogP contribution in [0.4, 0.5) is 9.59 Å². The Hall–Kier alpha value is -2.47. The van der Waals surface area contributed by atoms with E-state index in [1.54, 1.807) is 35.4 Å². The van der Waals surface area contributed by atoms with Crippen molar-refractivity contribution in [2.24, 2.45) is 11.8 Å². The third-order valence-corrected chi connectivity index (χ3v) is 8.02. The van der Waals surface area contributed by atoms with Crippen LogP contribution in [0.1, 0.15) is 59.3 Å². The predicted octanol–water partition coefficient (Wildman–Crippen LogP) is 3.87. The zero-order chi connectivity index (χ0) is 27.5. The van der Waals surface area contributed by atoms with Crippen LogP contribution in [0, 0.1) is 11.8 Å². The molecule has 0 bridgehead atoms. The number of thioether (sulfide) groups is 1. The zero-order valence-corrected chi connectivity index (χ0v) is 24.5. The molecule has 0 spiro atoms. The molecule has 208 valence electrons. The number of amides is 4. The van der Waals surface area contributed by atoms with Gasteiger partial charge < -0.3 is 30.9 Å². The molecule has 1 aromatic rings. The molecule has 0 aliphatic carbocycles. The fraction of sp³-hybridized carbons (Fsp3) is 0.680. The quantitative estimate of drug-likeness (QED) is 0.292. The third kappa shape index (κ3) is 10.8. The molecule has 4 N–H and O–H groups in total. The number of likely N-dealkylation sites (N-methyl/N-ethyl adjacent to an activating group) is 1. The van der Waals surface area contributed by atoms with Crippen LogP contribution >= 0.6 is 23.1 Å². The van der Waals surface area contributed by atoms with Crippen LogP contribution in [0.15, 0.2) is 22.8 Å². The first-order chi connectivity index (χ1) is 17.5. The van der Waals surface area contributed by atoms with Gasteiger partial charge in [-0.15, -0.1) is 23.1 Å². The van der Waals surface area contributed by atoms with Crippen LogP contribution in [0.25, 0.3) is 0 Å². The number of carbonyl (C=O) groups is 3. The van der Waals surface area contributed by atoms with Gasteiger partial charge in [-0.05, 0) is 43.9 Å². The van der Waals surface area contributed by atoms with Gasteiger partial charge in [0.2, 0.25) is 5.91 Å². The first-order valence-electron chi connectivity index (χ1n) is 12.7. The van der Waals surface area contributed by atoms with E-state index in [0.29, 0.717) is 30.7 Å². The first-order valence-corrected chi connectivity index (χ1v) is 14.5. The van der Waals surface area contributed by atoms with E-state index in [-0.39, 0.29) is 36.5 Å². The van der Waals surface area contributed by atoms with Gasteiger partial charge in [-0.1, -0.05) is 27.7 Å². The molecule has 0 radical (unpaired) electrons. The minimum atomic E-state index is -0.655. The number of rotatable bonds is 13. The summed E-state index contributed by atoms with van der Waals surface area (Å²) in [7, 11) is 1.72. The second-order valence-corrected chi connectivity index (χ2v) is 12.2. The van der Waals surface area contributed by atoms with Crippen LogP contribution in [0.5, 0.6) is 0 Å². The first kappa shape index (κ1) is 30.8. The maximum Gasteiger partial charge on any atom is 0.407 e. The Bertz CT molecular complexity index is 909. The van der Waals surface area contributed by atoms with Gasteiger partial charge in [0.25, 0.3) is 0 Å². The molecule has 4 amide bonds. The van der Waals surface area contributed by atoms with Crippen molar-refractivity contribution < 1.29 is 19.1 Å². The van der Waals surface area contributed by atoms with Gasteiger partial charge in [-0.25, -0.2) is 9.59 Å². The molecule has 37 heavy (non-hydrogen) atoms. The van der Waals surface area contributed by atoms with E-state index in [2.05, 4.69) is 45.5 Å². The molecule has 0 fully saturated rings. The van der Waals surface area contributed by atoms with Gasteiger partial charge in [-0.2, -0.15) is 0 Å². The summed E-state index contributed by atoms with van der Waals surface area (Å²) < 4.78 is 5.20. The van der Waals surface area contributed by atoms with E-state index in [1.165, 1.54) is 11.3 Å². The average molecular weight is 555 g/mol. The van der Waals surface area contributed by atoms with Crippen LogP contribution in [0.3, 0.4) is 0 Å². The highest BCUT2D eigenvalue weighted by atomic mass is 32.2. The Balaban J connectivity index is 1.73. The second-order valence-electron chi connectivity index (χ2n) is 10.2. The Morgan fingerprint density at radius 3 is 2.32 bits per heavy atom. The van der Waals surface area contributed by atoms with Crippen molar-refractivity contribution in [3.05, 3.63) is 27.7 Å². The van der Waals surface area contributed by atoms with Crippen LogP contribution < -0.4 is 21.3 Å². The van der Waals surface area contributed by atoms with Crippen LogP contribution in [-0.4, -0.2) is 65.0 Å². The van der Waals surface area contributed by atoms with Gasteiger partial charge >= 0.3 is 12.1 Å². The summed E-state index contributed by atoms with van der Waals surface area (Å²) in [6, 6.07) is -1.19. The largest absolute Gasteiger partial charge is 0.444 e. The van der Waals surface area contributed by atoms with Gasteiger partial charge in [-0.3, -0.25) is 9.78 Å². The Kier molecular flexibility index (Phi) is 12.5. The minimum absolute atomic E-state index is 0.0804. The van der Waals surface area contributed by atoms with Gasteiger partial charge in [0.1, 0.15) is 12.6 Å². The summed E-state index contributed by atoms with van der Waals surface area (Å²) >= 11 is 3.16. The lowest BCUT2D eigenvalue weighted by Gasteiger charge is -2.27. The third-order valence-electron chi connectivity index (χ3n) is 5.89. The zero-order valence-electron chi connectivity index (χ0n) is 22.9. The summed E-state index contributed by atoms with van der Waals surface area (Å²) in [5.41, 5.74) is 2.69. The van der Waals surface area contributed by atoms with Crippen molar-refractivity contribution in [1.29, 1.82) is 0 Å². The van der Waals surface area contributed by atoms with Crippen molar-refractivity contribution in [3.8, 4) is 0 Å². The Morgan fingerprint density at radius 2 is 1.76 bits per heavy atom. The molecule has 4 unspecified atom stereocenters. The van der Waals surface area contributed by atoms with Crippen molar-refractivity contribution in [2.75, 3.05) is 13.6 Å². The summed E-state index contributed by atoms with van der Waals surface area (Å²) in [6.07, 6.45) is 2.51. The fourth-order valence-corrected chi connectivity index (χ4v) is 5.08. The number of nitrogens with zero attached hydrogens (tertiary/aromatic N) is 2. The number of urea groups is 1. The Morgan fingerprint density at radius 1 is 1.08 bits per heavy atom. The minimum Gasteiger partial charge on any atom is -0.444 e. The fourth-order valence-electron chi connectivity index (χ4n) is 3.59. The molecule has 1 aromatic heterocycles. The number of nitrogens with one attached hydrogen (secondary N) is 4. The highest BCUT2D eigenvalue weighted by Gasteiger charge is 2.28. The van der Waals surface area contributed by atoms with Crippen LogP contribution in [-0.2, 0) is 16.1 Å². The lowest BCUT2D eigenvalue weighted by atomic mass is 10.0. The average Bonchev–Trinajstić information content (AvgIpc) is 3.51. The number of thiazole rings is 1. The molecule has 1 aliphatic rings. The number of carbonyl (C=O) groups excluding carboxylic acids is 3. The standard InChI is InChI=1S/C25H42N6O4S2/c1-15(2)21(30-24(33)31(7)11-19-13-36-23(29-19)16(3)4)22(32)27-17(5)8-9-18(6)28-25(34)35-12-20-10-26-14-37-20/h10,13-18,21,23,29H,8-9,11-12H2,1-7H3,(H,27,32)(H,28,34)(H,30,33). The monoisotopic (exact) mass is 554 g/mol. The molecule has 0 saturated heterocycles. The number of hydrogen-bond donors (Lipinski definition) is 4. The molecule has 4 atom stereocenters. The van der Waals surface area contributed by atoms with Crippen molar-refractivity contribution in [3.63, 3.8) is 0 Å². The maximum atomic E-state index is 13.0. The van der Waals surface area contributed by atoms with Crippen molar-refractivity contribution in [1.82, 2.24) is 31.2 Å². The molecule has 0 aromatic carbocycles. The summed E-state index contributed by atoms with van der Waals surface area (Å²) in [4.78, 5) is 44.2. The smallest absolute Gasteiger partial charge is 0.407 e. The SMILES string of the molecule is CC(CCC(C)NC(=O)C(NC(=O)N(C)CC1=CSC(C(C)C)N1)C(C)C)NC(=O)OCc1cncs1. The van der Waals surface area contributed by atoms with Crippen LogP contribution in [0.2, 0.25) is 0 Å². The topological polar surface area (TPSA) is 125 Å². The molecule has 0 saturated carbocycles. The normalized spacial score (nSPS) is 17.4. The van der Waals surface area contributed by atoms with Gasteiger partial charge in [0, 0.05) is 31.0 Å². The van der Waals surface area contributed by atoms with Crippen molar-refractivity contribution in [2.45, 2.75) is 84.5 Å². The predicted molar refractivity (Wildman–Crippen MR) is 149 cm³/mol. The lowest BCUT2D eigenvalue weighted by Crippen LogP contribution is -2.54. The van der Waals surface area contributed by atoms with E-state index >= 15 is 0 Å². The second kappa shape index (κ2) is 15.1. The molecular formula is C25H42N6O4S2. The molecule has 2 rings (SSSR count). The highest BCUT2D eigenvalue weighted by molar-refractivity contribution is 8.03. The van der Waals surface area contributed by atoms with E-state index in [0.717, 1.165) is 10.6 Å². The molecular weight excluding hydrogens is 512 g/mol. The molecule has 1 aliphatic heterocycles. The molecule has 2 heterocycles. The summed E-state index contributed by atoms with van der Waals surface area (Å²) in [5, 5.41) is 14.5. The molecule has 12 heteroatoms. The number of alkyl carbamates (subject to hydrolysis) is 1. The van der Waals surface area contributed by atoms with E-state index in [1.807, 2.05) is 27.7 Å². The van der Waals surface area contributed by atoms with Crippen molar-refractivity contribution >= 4 is 41.1 Å². The summed E-state index contributed by atoms with van der Waals surface area (Å²) in [6.45, 7) is 12.6.